The van der Waals surface area contributed by atoms with Crippen LogP contribution in [-0.2, 0) is 19.3 Å². The fourth-order valence-electron chi connectivity index (χ4n) is 2.81. The van der Waals surface area contributed by atoms with Gasteiger partial charge in [0.15, 0.2) is 0 Å². The predicted molar refractivity (Wildman–Crippen MR) is 99.0 cm³/mol. The van der Waals surface area contributed by atoms with E-state index in [1.807, 2.05) is 0 Å². The molecule has 0 amide bonds. The largest absolute Gasteiger partial charge is 0.0591 e. The summed E-state index contributed by atoms with van der Waals surface area (Å²) in [5.41, 5.74) is 8.24. The van der Waals surface area contributed by atoms with E-state index in [0.717, 1.165) is 19.3 Å². The molecule has 0 aliphatic carbocycles. The molecule has 0 aliphatic rings. The summed E-state index contributed by atoms with van der Waals surface area (Å²) in [6, 6.07) is 26.8. The molecule has 0 spiro atoms. The van der Waals surface area contributed by atoms with Gasteiger partial charge in [-0.2, -0.15) is 0 Å². The summed E-state index contributed by atoms with van der Waals surface area (Å²) in [5, 5.41) is 0. The van der Waals surface area contributed by atoms with E-state index in [-0.39, 0.29) is 0 Å². The van der Waals surface area contributed by atoms with Crippen LogP contribution >= 0.6 is 0 Å². The summed E-state index contributed by atoms with van der Waals surface area (Å²) < 4.78 is 0. The zero-order valence-corrected chi connectivity index (χ0v) is 14.0. The molecule has 0 N–H and O–H groups in total. The molecule has 116 valence electrons. The summed E-state index contributed by atoms with van der Waals surface area (Å²) in [6.45, 7) is 4.27. The topological polar surface area (TPSA) is 0 Å². The fraction of sp³-hybridized carbons (Fsp3) is 0.217. The van der Waals surface area contributed by atoms with Gasteiger partial charge in [0.1, 0.15) is 0 Å². The van der Waals surface area contributed by atoms with Gasteiger partial charge in [-0.05, 0) is 55.4 Å². The van der Waals surface area contributed by atoms with E-state index in [0.29, 0.717) is 0 Å². The molecule has 0 aromatic heterocycles. The van der Waals surface area contributed by atoms with Crippen molar-refractivity contribution in [3.8, 4) is 0 Å². The summed E-state index contributed by atoms with van der Waals surface area (Å²) in [7, 11) is 0. The van der Waals surface area contributed by atoms with Crippen molar-refractivity contribution in [2.75, 3.05) is 0 Å². The molecule has 3 aromatic rings. The molecule has 0 saturated carbocycles. The molecule has 0 saturated heterocycles. The van der Waals surface area contributed by atoms with Crippen LogP contribution in [0, 0.1) is 13.8 Å². The highest BCUT2D eigenvalue weighted by atomic mass is 14.0. The molecule has 0 atom stereocenters. The van der Waals surface area contributed by atoms with Gasteiger partial charge >= 0.3 is 0 Å². The molecule has 0 heteroatoms. The molecular formula is C23H24. The lowest BCUT2D eigenvalue weighted by Crippen LogP contribution is -1.93. The minimum absolute atomic E-state index is 1.01. The monoisotopic (exact) mass is 300 g/mol. The molecule has 0 nitrogen and oxygen atoms in total. The van der Waals surface area contributed by atoms with Crippen LogP contribution < -0.4 is 0 Å². The molecule has 0 bridgehead atoms. The van der Waals surface area contributed by atoms with Crippen molar-refractivity contribution < 1.29 is 0 Å². The summed E-state index contributed by atoms with van der Waals surface area (Å²) in [4.78, 5) is 0. The van der Waals surface area contributed by atoms with Crippen LogP contribution in [0.5, 0.6) is 0 Å². The van der Waals surface area contributed by atoms with E-state index < -0.39 is 0 Å². The highest BCUT2D eigenvalue weighted by Crippen LogP contribution is 2.14. The number of rotatable bonds is 5. The van der Waals surface area contributed by atoms with Gasteiger partial charge in [-0.15, -0.1) is 0 Å². The number of hydrogen-bond acceptors (Lipinski definition) is 0. The van der Waals surface area contributed by atoms with Gasteiger partial charge in [-0.25, -0.2) is 0 Å². The van der Waals surface area contributed by atoms with Gasteiger partial charge in [-0.3, -0.25) is 0 Å². The van der Waals surface area contributed by atoms with E-state index in [4.69, 9.17) is 0 Å². The second-order valence-electron chi connectivity index (χ2n) is 6.46. The molecule has 23 heavy (non-hydrogen) atoms. The van der Waals surface area contributed by atoms with Crippen molar-refractivity contribution in [1.29, 1.82) is 0 Å². The van der Waals surface area contributed by atoms with Crippen molar-refractivity contribution in [2.45, 2.75) is 33.1 Å². The third-order valence-corrected chi connectivity index (χ3v) is 4.37. The lowest BCUT2D eigenvalue weighted by atomic mass is 9.99. The van der Waals surface area contributed by atoms with Gasteiger partial charge in [-0.1, -0.05) is 83.9 Å². The zero-order valence-electron chi connectivity index (χ0n) is 14.0. The number of benzene rings is 3. The molecule has 0 heterocycles. The van der Waals surface area contributed by atoms with Crippen LogP contribution in [-0.4, -0.2) is 0 Å². The average molecular weight is 300 g/mol. The van der Waals surface area contributed by atoms with E-state index in [1.54, 1.807) is 0 Å². The van der Waals surface area contributed by atoms with E-state index >= 15 is 0 Å². The number of aryl methyl sites for hydroxylation is 4. The van der Waals surface area contributed by atoms with Crippen LogP contribution in [0.4, 0.5) is 0 Å². The lowest BCUT2D eigenvalue weighted by molar-refractivity contribution is 0.957. The maximum atomic E-state index is 2.28. The molecular weight excluding hydrogens is 276 g/mol. The van der Waals surface area contributed by atoms with Crippen LogP contribution in [0.1, 0.15) is 33.4 Å². The third-order valence-electron chi connectivity index (χ3n) is 4.37. The Bertz CT molecular complexity index is 732. The second-order valence-corrected chi connectivity index (χ2v) is 6.46. The van der Waals surface area contributed by atoms with Crippen molar-refractivity contribution in [3.63, 3.8) is 0 Å². The van der Waals surface area contributed by atoms with Crippen molar-refractivity contribution in [3.05, 3.63) is 106 Å². The van der Waals surface area contributed by atoms with Gasteiger partial charge in [0, 0.05) is 0 Å². The summed E-state index contributed by atoms with van der Waals surface area (Å²) in [6.07, 6.45) is 3.23. The zero-order chi connectivity index (χ0) is 16.1. The molecule has 0 fully saturated rings. The normalized spacial score (nSPS) is 10.7. The van der Waals surface area contributed by atoms with Crippen LogP contribution in [0.2, 0.25) is 0 Å². The SMILES string of the molecule is Cc1ccc(CCc2ccc(Cc3ccc(C)cc3)cc2)cc1. The Morgan fingerprint density at radius 3 is 1.17 bits per heavy atom. The Kier molecular flexibility index (Phi) is 4.92. The van der Waals surface area contributed by atoms with Gasteiger partial charge in [0.05, 0.1) is 0 Å². The first-order valence-corrected chi connectivity index (χ1v) is 8.38. The Balaban J connectivity index is 1.58. The number of hydrogen-bond donors (Lipinski definition) is 0. The fourth-order valence-corrected chi connectivity index (χ4v) is 2.81. The average Bonchev–Trinajstić information content (AvgIpc) is 2.58. The molecule has 3 aromatic carbocycles. The Hall–Kier alpha value is -2.34. The van der Waals surface area contributed by atoms with E-state index in [9.17, 15) is 0 Å². The summed E-state index contributed by atoms with van der Waals surface area (Å²) in [5.74, 6) is 0. The quantitative estimate of drug-likeness (QED) is 0.568. The minimum atomic E-state index is 1.01. The van der Waals surface area contributed by atoms with Gasteiger partial charge in [0.2, 0.25) is 0 Å². The molecule has 3 rings (SSSR count). The molecule has 0 aliphatic heterocycles. The van der Waals surface area contributed by atoms with Crippen molar-refractivity contribution >= 4 is 0 Å². The first kappa shape index (κ1) is 15.6. The maximum absolute atomic E-state index is 2.28. The minimum Gasteiger partial charge on any atom is -0.0591 e. The first-order chi connectivity index (χ1) is 11.2. The van der Waals surface area contributed by atoms with Gasteiger partial charge < -0.3 is 0 Å². The first-order valence-electron chi connectivity index (χ1n) is 8.38. The van der Waals surface area contributed by atoms with Crippen LogP contribution in [0.3, 0.4) is 0 Å². The Morgan fingerprint density at radius 1 is 0.435 bits per heavy atom. The van der Waals surface area contributed by atoms with Gasteiger partial charge in [0.25, 0.3) is 0 Å². The maximum Gasteiger partial charge on any atom is -0.00258 e. The highest BCUT2D eigenvalue weighted by molar-refractivity contribution is 5.31. The Labute approximate surface area is 139 Å². The Morgan fingerprint density at radius 2 is 0.739 bits per heavy atom. The molecule has 0 radical (unpaired) electrons. The lowest BCUT2D eigenvalue weighted by Gasteiger charge is -2.06. The van der Waals surface area contributed by atoms with Crippen LogP contribution in [0.15, 0.2) is 72.8 Å². The van der Waals surface area contributed by atoms with E-state index in [1.165, 1.54) is 33.4 Å². The van der Waals surface area contributed by atoms with E-state index in [2.05, 4.69) is 86.6 Å². The van der Waals surface area contributed by atoms with Crippen molar-refractivity contribution in [1.82, 2.24) is 0 Å². The standard InChI is InChI=1S/C23H24/c1-18-3-7-20(8-4-18)11-12-21-13-15-23(16-14-21)17-22-9-5-19(2)6-10-22/h3-10,13-16H,11-12,17H2,1-2H3. The molecule has 0 unspecified atom stereocenters. The summed E-state index contributed by atoms with van der Waals surface area (Å²) >= 11 is 0. The van der Waals surface area contributed by atoms with Crippen molar-refractivity contribution in [2.24, 2.45) is 0 Å². The second kappa shape index (κ2) is 7.28. The smallest absolute Gasteiger partial charge is 0.00258 e. The third kappa shape index (κ3) is 4.56. The predicted octanol–water partition coefficient (Wildman–Crippen LogP) is 5.68. The van der Waals surface area contributed by atoms with Crippen LogP contribution in [0.25, 0.3) is 0 Å². The highest BCUT2D eigenvalue weighted by Gasteiger charge is 1.99.